The van der Waals surface area contributed by atoms with Crippen molar-refractivity contribution in [2.75, 3.05) is 26.0 Å². The number of benzene rings is 2. The zero-order chi connectivity index (χ0) is 19.3. The third kappa shape index (κ3) is 4.90. The van der Waals surface area contributed by atoms with Crippen molar-refractivity contribution in [2.45, 2.75) is 11.8 Å². The molecule has 0 fully saturated rings. The molecule has 2 rings (SSSR count). The van der Waals surface area contributed by atoms with Crippen LogP contribution in [0.3, 0.4) is 0 Å². The molecule has 0 heterocycles. The summed E-state index contributed by atoms with van der Waals surface area (Å²) in [6, 6.07) is 12.9. The number of aryl methyl sites for hydroxylation is 1. The molecule has 0 unspecified atom stereocenters. The van der Waals surface area contributed by atoms with Crippen LogP contribution in [0, 0.1) is 6.92 Å². The Hall–Kier alpha value is -2.71. The van der Waals surface area contributed by atoms with E-state index in [-0.39, 0.29) is 17.3 Å². The first kappa shape index (κ1) is 19.6. The van der Waals surface area contributed by atoms with Gasteiger partial charge in [-0.05, 0) is 43.3 Å². The summed E-state index contributed by atoms with van der Waals surface area (Å²) in [6.07, 6.45) is 0. The van der Waals surface area contributed by atoms with Gasteiger partial charge < -0.3 is 10.6 Å². The SMILES string of the molecule is Cc1cccc(C(=O)NCC(=O)Nc2ccc(S(=O)(=O)N(C)C)cc2)c1. The Morgan fingerprint density at radius 3 is 2.27 bits per heavy atom. The first-order valence-electron chi connectivity index (χ1n) is 7.87. The minimum atomic E-state index is -3.51. The molecule has 0 spiro atoms. The number of amides is 2. The van der Waals surface area contributed by atoms with Crippen LogP contribution in [-0.2, 0) is 14.8 Å². The molecule has 0 saturated heterocycles. The van der Waals surface area contributed by atoms with Gasteiger partial charge in [-0.15, -0.1) is 0 Å². The molecule has 26 heavy (non-hydrogen) atoms. The number of anilines is 1. The fourth-order valence-electron chi connectivity index (χ4n) is 2.18. The average molecular weight is 375 g/mol. The molecule has 0 aromatic heterocycles. The molecular weight excluding hydrogens is 354 g/mol. The standard InChI is InChI=1S/C18H21N3O4S/c1-13-5-4-6-14(11-13)18(23)19-12-17(22)20-15-7-9-16(10-8-15)26(24,25)21(2)3/h4-11H,12H2,1-3H3,(H,19,23)(H,20,22). The second-order valence-electron chi connectivity index (χ2n) is 5.91. The Morgan fingerprint density at radius 2 is 1.69 bits per heavy atom. The predicted molar refractivity (Wildman–Crippen MR) is 99.5 cm³/mol. The van der Waals surface area contributed by atoms with Crippen molar-refractivity contribution < 1.29 is 18.0 Å². The molecule has 0 aliphatic heterocycles. The fraction of sp³-hybridized carbons (Fsp3) is 0.222. The molecule has 0 aliphatic rings. The summed E-state index contributed by atoms with van der Waals surface area (Å²) in [4.78, 5) is 24.1. The van der Waals surface area contributed by atoms with Crippen LogP contribution < -0.4 is 10.6 Å². The molecule has 0 saturated carbocycles. The van der Waals surface area contributed by atoms with Crippen molar-refractivity contribution in [1.29, 1.82) is 0 Å². The summed E-state index contributed by atoms with van der Waals surface area (Å²) in [6.45, 7) is 1.69. The highest BCUT2D eigenvalue weighted by atomic mass is 32.2. The molecule has 138 valence electrons. The lowest BCUT2D eigenvalue weighted by Crippen LogP contribution is -2.32. The highest BCUT2D eigenvalue weighted by Crippen LogP contribution is 2.16. The van der Waals surface area contributed by atoms with Gasteiger partial charge in [-0.3, -0.25) is 9.59 Å². The first-order valence-corrected chi connectivity index (χ1v) is 9.31. The monoisotopic (exact) mass is 375 g/mol. The molecule has 0 bridgehead atoms. The molecule has 0 radical (unpaired) electrons. The molecule has 2 aromatic carbocycles. The van der Waals surface area contributed by atoms with Crippen LogP contribution >= 0.6 is 0 Å². The van der Waals surface area contributed by atoms with Gasteiger partial charge in [0.25, 0.3) is 5.91 Å². The summed E-state index contributed by atoms with van der Waals surface area (Å²) < 4.78 is 25.1. The van der Waals surface area contributed by atoms with Gasteiger partial charge in [0.05, 0.1) is 11.4 Å². The second-order valence-corrected chi connectivity index (χ2v) is 8.06. The smallest absolute Gasteiger partial charge is 0.251 e. The maximum absolute atomic E-state index is 12.0. The van der Waals surface area contributed by atoms with E-state index in [1.807, 2.05) is 13.0 Å². The largest absolute Gasteiger partial charge is 0.343 e. The van der Waals surface area contributed by atoms with E-state index < -0.39 is 15.9 Å². The van der Waals surface area contributed by atoms with Gasteiger partial charge in [-0.25, -0.2) is 12.7 Å². The fourth-order valence-corrected chi connectivity index (χ4v) is 3.08. The third-order valence-corrected chi connectivity index (χ3v) is 5.44. The summed E-state index contributed by atoms with van der Waals surface area (Å²) in [5, 5.41) is 5.15. The lowest BCUT2D eigenvalue weighted by atomic mass is 10.1. The third-order valence-electron chi connectivity index (χ3n) is 3.61. The quantitative estimate of drug-likeness (QED) is 0.802. The number of carbonyl (C=O) groups is 2. The molecular formula is C18H21N3O4S. The van der Waals surface area contributed by atoms with Gasteiger partial charge in [-0.2, -0.15) is 0 Å². The number of hydrogen-bond acceptors (Lipinski definition) is 4. The van der Waals surface area contributed by atoms with Crippen LogP contribution in [0.4, 0.5) is 5.69 Å². The minimum Gasteiger partial charge on any atom is -0.343 e. The lowest BCUT2D eigenvalue weighted by Gasteiger charge is -2.12. The number of carbonyl (C=O) groups excluding carboxylic acids is 2. The number of hydrogen-bond donors (Lipinski definition) is 2. The summed E-state index contributed by atoms with van der Waals surface area (Å²) in [7, 11) is -0.621. The lowest BCUT2D eigenvalue weighted by molar-refractivity contribution is -0.115. The number of rotatable bonds is 6. The van der Waals surface area contributed by atoms with Gasteiger partial charge >= 0.3 is 0 Å². The van der Waals surface area contributed by atoms with Crippen LogP contribution in [0.25, 0.3) is 0 Å². The molecule has 0 aliphatic carbocycles. The number of nitrogens with one attached hydrogen (secondary N) is 2. The highest BCUT2D eigenvalue weighted by Gasteiger charge is 2.16. The van der Waals surface area contributed by atoms with Gasteiger partial charge in [0.15, 0.2) is 0 Å². The molecule has 7 nitrogen and oxygen atoms in total. The number of nitrogens with zero attached hydrogens (tertiary/aromatic N) is 1. The highest BCUT2D eigenvalue weighted by molar-refractivity contribution is 7.89. The summed E-state index contributed by atoms with van der Waals surface area (Å²) in [5.41, 5.74) is 1.88. The Morgan fingerprint density at radius 1 is 1.04 bits per heavy atom. The zero-order valence-corrected chi connectivity index (χ0v) is 15.6. The van der Waals surface area contributed by atoms with Gasteiger partial charge in [0.2, 0.25) is 15.9 Å². The Balaban J connectivity index is 1.93. The number of sulfonamides is 1. The van der Waals surface area contributed by atoms with Crippen LogP contribution in [-0.4, -0.2) is 45.2 Å². The van der Waals surface area contributed by atoms with Gasteiger partial charge in [0, 0.05) is 25.3 Å². The molecule has 2 N–H and O–H groups in total. The van der Waals surface area contributed by atoms with E-state index in [1.54, 1.807) is 18.2 Å². The maximum Gasteiger partial charge on any atom is 0.251 e. The Kier molecular flexibility index (Phi) is 6.12. The van der Waals surface area contributed by atoms with Crippen molar-refractivity contribution in [1.82, 2.24) is 9.62 Å². The molecule has 2 aromatic rings. The van der Waals surface area contributed by atoms with Gasteiger partial charge in [0.1, 0.15) is 0 Å². The van der Waals surface area contributed by atoms with E-state index in [2.05, 4.69) is 10.6 Å². The Bertz CT molecular complexity index is 906. The summed E-state index contributed by atoms with van der Waals surface area (Å²) in [5.74, 6) is -0.745. The van der Waals surface area contributed by atoms with E-state index in [0.717, 1.165) is 9.87 Å². The van der Waals surface area contributed by atoms with E-state index >= 15 is 0 Å². The average Bonchev–Trinajstić information content (AvgIpc) is 2.60. The minimum absolute atomic E-state index is 0.133. The molecule has 8 heteroatoms. The van der Waals surface area contributed by atoms with E-state index in [4.69, 9.17) is 0 Å². The van der Waals surface area contributed by atoms with Crippen molar-refractivity contribution in [3.05, 3.63) is 59.7 Å². The van der Waals surface area contributed by atoms with Crippen molar-refractivity contribution in [2.24, 2.45) is 0 Å². The van der Waals surface area contributed by atoms with Crippen LogP contribution in [0.5, 0.6) is 0 Å². The predicted octanol–water partition coefficient (Wildman–Crippen LogP) is 1.61. The van der Waals surface area contributed by atoms with Crippen LogP contribution in [0.1, 0.15) is 15.9 Å². The molecule has 2 amide bonds. The van der Waals surface area contributed by atoms with Crippen molar-refractivity contribution >= 4 is 27.5 Å². The topological polar surface area (TPSA) is 95.6 Å². The van der Waals surface area contributed by atoms with E-state index in [1.165, 1.54) is 38.4 Å². The van der Waals surface area contributed by atoms with Crippen molar-refractivity contribution in [3.8, 4) is 0 Å². The zero-order valence-electron chi connectivity index (χ0n) is 14.8. The van der Waals surface area contributed by atoms with Crippen molar-refractivity contribution in [3.63, 3.8) is 0 Å². The Labute approximate surface area is 153 Å². The second kappa shape index (κ2) is 8.11. The van der Waals surface area contributed by atoms with E-state index in [9.17, 15) is 18.0 Å². The van der Waals surface area contributed by atoms with E-state index in [0.29, 0.717) is 11.3 Å². The van der Waals surface area contributed by atoms with Gasteiger partial charge in [-0.1, -0.05) is 17.7 Å². The maximum atomic E-state index is 12.0. The first-order chi connectivity index (χ1) is 12.2. The molecule has 0 atom stereocenters. The summed E-state index contributed by atoms with van der Waals surface area (Å²) >= 11 is 0. The van der Waals surface area contributed by atoms with Crippen LogP contribution in [0.2, 0.25) is 0 Å². The van der Waals surface area contributed by atoms with Crippen LogP contribution in [0.15, 0.2) is 53.4 Å². The normalized spacial score (nSPS) is 11.2.